The van der Waals surface area contributed by atoms with Crippen LogP contribution in [0.4, 0.5) is 10.1 Å². The fraction of sp³-hybridized carbons (Fsp3) is 0.250. The van der Waals surface area contributed by atoms with Crippen LogP contribution in [-0.2, 0) is 9.59 Å². The van der Waals surface area contributed by atoms with E-state index in [4.69, 9.17) is 0 Å². The molecule has 3 amide bonds. The van der Waals surface area contributed by atoms with E-state index < -0.39 is 58.3 Å². The number of amides is 3. The number of allylic oxidation sites excluding steroid dienone is 2. The van der Waals surface area contributed by atoms with Gasteiger partial charge in [0.15, 0.2) is 5.78 Å². The van der Waals surface area contributed by atoms with Crippen LogP contribution in [0.15, 0.2) is 60.7 Å². The lowest BCUT2D eigenvalue weighted by Crippen LogP contribution is -2.52. The predicted octanol–water partition coefficient (Wildman–Crippen LogP) is 3.17. The van der Waals surface area contributed by atoms with E-state index >= 15 is 0 Å². The molecule has 3 atom stereocenters. The minimum Gasteiger partial charge on any atom is -0.292 e. The first-order valence-electron chi connectivity index (χ1n) is 10.6. The highest BCUT2D eigenvalue weighted by molar-refractivity contribution is 6.10. The van der Waals surface area contributed by atoms with Crippen molar-refractivity contribution in [3.63, 3.8) is 0 Å². The molecule has 1 heterocycles. The van der Waals surface area contributed by atoms with Crippen LogP contribution in [0.25, 0.3) is 0 Å². The summed E-state index contributed by atoms with van der Waals surface area (Å²) < 4.78 is 13.3. The normalized spacial score (nSPS) is 21.4. The molecular weight excluding hydrogens is 445 g/mol. The van der Waals surface area contributed by atoms with E-state index in [1.165, 1.54) is 30.3 Å². The van der Waals surface area contributed by atoms with Crippen molar-refractivity contribution >= 4 is 29.2 Å². The van der Waals surface area contributed by atoms with Gasteiger partial charge in [0, 0.05) is 11.6 Å². The van der Waals surface area contributed by atoms with E-state index in [0.29, 0.717) is 16.4 Å². The van der Waals surface area contributed by atoms with Crippen LogP contribution in [0.1, 0.15) is 34.1 Å². The molecule has 174 valence electrons. The fourth-order valence-corrected chi connectivity index (χ4v) is 4.42. The molecule has 9 nitrogen and oxygen atoms in total. The first kappa shape index (κ1) is 23.0. The summed E-state index contributed by atoms with van der Waals surface area (Å²) >= 11 is 0. The fourth-order valence-electron chi connectivity index (χ4n) is 4.42. The number of imide groups is 1. The van der Waals surface area contributed by atoms with Gasteiger partial charge in [-0.15, -0.1) is 0 Å². The maximum atomic E-state index is 13.5. The molecule has 10 heteroatoms. The van der Waals surface area contributed by atoms with Gasteiger partial charge >= 0.3 is 0 Å². The molecule has 0 bridgehead atoms. The van der Waals surface area contributed by atoms with Gasteiger partial charge in [-0.25, -0.2) is 9.40 Å². The molecule has 2 aromatic rings. The lowest BCUT2D eigenvalue weighted by molar-refractivity contribution is -0.385. The molecule has 34 heavy (non-hydrogen) atoms. The molecule has 0 spiro atoms. The largest absolute Gasteiger partial charge is 0.292 e. The minimum atomic E-state index is -1.04. The van der Waals surface area contributed by atoms with E-state index in [0.717, 1.165) is 18.2 Å². The third-order valence-electron chi connectivity index (χ3n) is 6.12. The minimum absolute atomic E-state index is 0.0494. The average Bonchev–Trinajstić information content (AvgIpc) is 3.08. The monoisotopic (exact) mass is 465 g/mol. The van der Waals surface area contributed by atoms with Crippen molar-refractivity contribution < 1.29 is 28.5 Å². The predicted molar refractivity (Wildman–Crippen MR) is 117 cm³/mol. The van der Waals surface area contributed by atoms with Crippen LogP contribution in [-0.4, -0.2) is 45.0 Å². The zero-order chi connectivity index (χ0) is 24.6. The number of hydrogen-bond donors (Lipinski definition) is 0. The quantitative estimate of drug-likeness (QED) is 0.213. The average molecular weight is 465 g/mol. The third kappa shape index (κ3) is 3.98. The van der Waals surface area contributed by atoms with E-state index in [9.17, 15) is 33.7 Å². The molecule has 0 N–H and O–H groups in total. The molecule has 1 aliphatic carbocycles. The van der Waals surface area contributed by atoms with Crippen molar-refractivity contribution in [2.24, 2.45) is 17.8 Å². The maximum Gasteiger partial charge on any atom is 0.282 e. The van der Waals surface area contributed by atoms with Crippen LogP contribution in [0.2, 0.25) is 0 Å². The highest BCUT2D eigenvalue weighted by Gasteiger charge is 2.53. The Labute approximate surface area is 193 Å². The topological polar surface area (TPSA) is 118 Å². The maximum absolute atomic E-state index is 13.5. The van der Waals surface area contributed by atoms with Gasteiger partial charge in [0.05, 0.1) is 16.8 Å². The number of rotatable bonds is 6. The van der Waals surface area contributed by atoms with Gasteiger partial charge < -0.3 is 0 Å². The summed E-state index contributed by atoms with van der Waals surface area (Å²) in [6.45, 7) is 1.04. The molecular formula is C24H20FN3O6. The number of carbonyl (C=O) groups excluding carboxylic acids is 4. The molecule has 2 aliphatic rings. The number of ketones is 1. The molecule has 0 aromatic heterocycles. The number of hydrazine groups is 1. The van der Waals surface area contributed by atoms with Gasteiger partial charge in [0.2, 0.25) is 0 Å². The summed E-state index contributed by atoms with van der Waals surface area (Å²) in [5, 5.41) is 12.8. The van der Waals surface area contributed by atoms with Crippen LogP contribution in [0, 0.1) is 33.7 Å². The molecule has 1 saturated heterocycles. The van der Waals surface area contributed by atoms with Crippen molar-refractivity contribution in [3.8, 4) is 0 Å². The number of nitro benzene ring substituents is 1. The number of para-hydroxylation sites is 1. The van der Waals surface area contributed by atoms with E-state index in [-0.39, 0.29) is 17.0 Å². The van der Waals surface area contributed by atoms with Gasteiger partial charge in [-0.05, 0) is 42.7 Å². The number of fused-ring (bicyclic) bond motifs is 1. The van der Waals surface area contributed by atoms with Gasteiger partial charge in [-0.2, -0.15) is 5.01 Å². The van der Waals surface area contributed by atoms with Crippen molar-refractivity contribution in [3.05, 3.63) is 87.7 Å². The molecule has 2 aromatic carbocycles. The van der Waals surface area contributed by atoms with E-state index in [1.807, 2.05) is 6.08 Å². The zero-order valence-electron chi connectivity index (χ0n) is 18.1. The standard InChI is InChI=1S/C24H20FN3O6/c1-14-5-4-7-18-21(14)24(32)27(23(18)31)26(13-20(29)15-9-11-16(25)12-10-15)22(30)17-6-2-3-8-19(17)28(33)34/h2-6,8-12,14,18,21H,7,13H2,1H3/t14-,18-,21-/m1/s1. The first-order chi connectivity index (χ1) is 16.2. The van der Waals surface area contributed by atoms with Gasteiger partial charge in [0.1, 0.15) is 17.9 Å². The van der Waals surface area contributed by atoms with Crippen LogP contribution >= 0.6 is 0 Å². The Bertz CT molecular complexity index is 1230. The number of nitro groups is 1. The lowest BCUT2D eigenvalue weighted by Gasteiger charge is -2.30. The van der Waals surface area contributed by atoms with Gasteiger partial charge in [-0.3, -0.25) is 29.3 Å². The smallest absolute Gasteiger partial charge is 0.282 e. The number of Topliss-reactive ketones (excluding diaryl/α,β-unsaturated/α-hetero) is 1. The SMILES string of the molecule is C[C@@H]1C=CC[C@H]2C(=O)N(N(CC(=O)c3ccc(F)cc3)C(=O)c3ccccc3[N+](=O)[O-])C(=O)[C@H]12. The molecule has 1 fully saturated rings. The van der Waals surface area contributed by atoms with E-state index in [1.54, 1.807) is 13.0 Å². The number of halogens is 1. The van der Waals surface area contributed by atoms with Crippen molar-refractivity contribution in [2.75, 3.05) is 6.54 Å². The van der Waals surface area contributed by atoms with Crippen molar-refractivity contribution in [1.82, 2.24) is 10.0 Å². The second-order valence-electron chi connectivity index (χ2n) is 8.21. The summed E-state index contributed by atoms with van der Waals surface area (Å²) in [4.78, 5) is 63.7. The molecule has 0 unspecified atom stereocenters. The molecule has 1 aliphatic heterocycles. The summed E-state index contributed by atoms with van der Waals surface area (Å²) in [5.74, 6) is -5.25. The Hall–Kier alpha value is -4.21. The summed E-state index contributed by atoms with van der Waals surface area (Å²) in [6, 6.07) is 9.64. The lowest BCUT2D eigenvalue weighted by atomic mass is 9.78. The van der Waals surface area contributed by atoms with E-state index in [2.05, 4.69) is 0 Å². The summed E-state index contributed by atoms with van der Waals surface area (Å²) in [7, 11) is 0. The number of nitrogens with zero attached hydrogens (tertiary/aromatic N) is 3. The van der Waals surface area contributed by atoms with Crippen LogP contribution < -0.4 is 0 Å². The van der Waals surface area contributed by atoms with Crippen LogP contribution in [0.5, 0.6) is 0 Å². The second kappa shape index (κ2) is 8.97. The zero-order valence-corrected chi connectivity index (χ0v) is 18.1. The Morgan fingerprint density at radius 1 is 1.12 bits per heavy atom. The first-order valence-corrected chi connectivity index (χ1v) is 10.6. The Kier molecular flexibility index (Phi) is 6.06. The number of carbonyl (C=O) groups is 4. The summed E-state index contributed by atoms with van der Waals surface area (Å²) in [5.41, 5.74) is -0.854. The Morgan fingerprint density at radius 3 is 2.44 bits per heavy atom. The second-order valence-corrected chi connectivity index (χ2v) is 8.21. The highest BCUT2D eigenvalue weighted by Crippen LogP contribution is 2.39. The Balaban J connectivity index is 1.76. The highest BCUT2D eigenvalue weighted by atomic mass is 19.1. The third-order valence-corrected chi connectivity index (χ3v) is 6.12. The van der Waals surface area contributed by atoms with Gasteiger partial charge in [0.25, 0.3) is 23.4 Å². The van der Waals surface area contributed by atoms with Gasteiger partial charge in [-0.1, -0.05) is 31.2 Å². The van der Waals surface area contributed by atoms with Crippen LogP contribution in [0.3, 0.4) is 0 Å². The number of benzene rings is 2. The van der Waals surface area contributed by atoms with Crippen molar-refractivity contribution in [2.45, 2.75) is 13.3 Å². The summed E-state index contributed by atoms with van der Waals surface area (Å²) in [6.07, 6.45) is 3.90. The molecule has 4 rings (SSSR count). The van der Waals surface area contributed by atoms with Crippen molar-refractivity contribution in [1.29, 1.82) is 0 Å². The molecule has 0 saturated carbocycles. The Morgan fingerprint density at radius 2 is 1.79 bits per heavy atom. The number of hydrogen-bond acceptors (Lipinski definition) is 6. The molecule has 0 radical (unpaired) electrons.